The van der Waals surface area contributed by atoms with Crippen LogP contribution in [0.5, 0.6) is 0 Å². The lowest BCUT2D eigenvalue weighted by Gasteiger charge is -2.24. The Kier molecular flexibility index (Phi) is 6.35. The first-order valence-electron chi connectivity index (χ1n) is 11.9. The fraction of sp³-hybridized carbons (Fsp3) is 0.357. The van der Waals surface area contributed by atoms with Gasteiger partial charge < -0.3 is 30.4 Å². The minimum absolute atomic E-state index is 0.0834. The molecule has 2 aliphatic heterocycles. The molecule has 0 radical (unpaired) electrons. The summed E-state index contributed by atoms with van der Waals surface area (Å²) < 4.78 is 22.6. The van der Waals surface area contributed by atoms with Crippen molar-refractivity contribution in [1.29, 1.82) is 0 Å². The Balaban J connectivity index is 1.35. The molecule has 4 N–H and O–H groups in total. The number of nitrogens with two attached hydrogens (primary N) is 2. The lowest BCUT2D eigenvalue weighted by atomic mass is 9.89. The molecule has 6 heteroatoms. The van der Waals surface area contributed by atoms with Gasteiger partial charge in [0, 0.05) is 34.4 Å². The number of hydrogen-bond acceptors (Lipinski definition) is 6. The molecule has 0 saturated carbocycles. The molecule has 6 nitrogen and oxygen atoms in total. The molecular weight excluding hydrogens is 428 g/mol. The summed E-state index contributed by atoms with van der Waals surface area (Å²) in [7, 11) is 0. The van der Waals surface area contributed by atoms with E-state index in [9.17, 15) is 0 Å². The predicted octanol–water partition coefficient (Wildman–Crippen LogP) is 4.04. The van der Waals surface area contributed by atoms with E-state index in [4.69, 9.17) is 30.4 Å². The van der Waals surface area contributed by atoms with Gasteiger partial charge in [-0.25, -0.2) is 0 Å². The molecule has 0 amide bonds. The molecule has 1 aromatic rings. The van der Waals surface area contributed by atoms with Crippen LogP contribution < -0.4 is 11.5 Å². The van der Waals surface area contributed by atoms with Crippen LogP contribution in [0.15, 0.2) is 82.6 Å². The summed E-state index contributed by atoms with van der Waals surface area (Å²) in [4.78, 5) is 0. The van der Waals surface area contributed by atoms with Crippen LogP contribution in [0.25, 0.3) is 12.2 Å². The van der Waals surface area contributed by atoms with Crippen LogP contribution in [0, 0.1) is 11.8 Å². The predicted molar refractivity (Wildman–Crippen MR) is 133 cm³/mol. The largest absolute Gasteiger partial charge is 0.490 e. The summed E-state index contributed by atoms with van der Waals surface area (Å²) in [6.45, 7) is 6.88. The second-order valence-corrected chi connectivity index (χ2v) is 9.24. The number of rotatable bonds is 8. The molecule has 2 heterocycles. The second kappa shape index (κ2) is 9.57. The Morgan fingerprint density at radius 3 is 1.47 bits per heavy atom. The highest BCUT2D eigenvalue weighted by atomic mass is 16.6. The van der Waals surface area contributed by atoms with E-state index >= 15 is 0 Å². The summed E-state index contributed by atoms with van der Waals surface area (Å²) in [5.41, 5.74) is 18.4. The highest BCUT2D eigenvalue weighted by Gasteiger charge is 2.27. The minimum Gasteiger partial charge on any atom is -0.490 e. The highest BCUT2D eigenvalue weighted by molar-refractivity contribution is 5.65. The molecule has 0 spiro atoms. The van der Waals surface area contributed by atoms with Crippen molar-refractivity contribution in [3.63, 3.8) is 0 Å². The van der Waals surface area contributed by atoms with Gasteiger partial charge in [-0.15, -0.1) is 0 Å². The van der Waals surface area contributed by atoms with Gasteiger partial charge in [0.05, 0.1) is 13.2 Å². The van der Waals surface area contributed by atoms with Crippen molar-refractivity contribution in [3.05, 3.63) is 93.8 Å². The first-order chi connectivity index (χ1) is 16.5. The normalized spacial score (nSPS) is 30.3. The zero-order valence-corrected chi connectivity index (χ0v) is 19.7. The minimum atomic E-state index is 0.0834. The number of ether oxygens (including phenoxy) is 4. The van der Waals surface area contributed by atoms with E-state index in [1.165, 1.54) is 0 Å². The van der Waals surface area contributed by atoms with Crippen LogP contribution >= 0.6 is 0 Å². The Morgan fingerprint density at radius 1 is 0.735 bits per heavy atom. The third-order valence-corrected chi connectivity index (χ3v) is 6.59. The van der Waals surface area contributed by atoms with Gasteiger partial charge in [0.25, 0.3) is 0 Å². The fourth-order valence-corrected chi connectivity index (χ4v) is 4.01. The second-order valence-electron chi connectivity index (χ2n) is 9.24. The van der Waals surface area contributed by atoms with Crippen molar-refractivity contribution < 1.29 is 18.9 Å². The Morgan fingerprint density at radius 2 is 1.12 bits per heavy atom. The lowest BCUT2D eigenvalue weighted by molar-refractivity contribution is 0.186. The molecule has 5 rings (SSSR count). The molecule has 2 aliphatic carbocycles. The van der Waals surface area contributed by atoms with E-state index in [1.807, 2.05) is 24.3 Å². The van der Waals surface area contributed by atoms with E-state index in [0.717, 1.165) is 58.4 Å². The summed E-state index contributed by atoms with van der Waals surface area (Å²) in [6.07, 6.45) is 12.5. The molecule has 4 aliphatic rings. The van der Waals surface area contributed by atoms with E-state index in [0.29, 0.717) is 13.2 Å². The van der Waals surface area contributed by atoms with Gasteiger partial charge in [0.1, 0.15) is 36.9 Å². The first-order valence-corrected chi connectivity index (χ1v) is 11.9. The molecular formula is C28H32N2O4. The zero-order chi connectivity index (χ0) is 23.7. The van der Waals surface area contributed by atoms with Crippen molar-refractivity contribution in [2.45, 2.75) is 26.1 Å². The van der Waals surface area contributed by atoms with Crippen molar-refractivity contribution in [2.24, 2.45) is 23.3 Å². The molecule has 0 bridgehead atoms. The van der Waals surface area contributed by atoms with Gasteiger partial charge in [-0.2, -0.15) is 0 Å². The van der Waals surface area contributed by atoms with Crippen LogP contribution in [-0.4, -0.2) is 38.6 Å². The number of benzene rings is 1. The van der Waals surface area contributed by atoms with Crippen LogP contribution in [0.2, 0.25) is 0 Å². The molecule has 34 heavy (non-hydrogen) atoms. The van der Waals surface area contributed by atoms with Gasteiger partial charge in [0.2, 0.25) is 0 Å². The summed E-state index contributed by atoms with van der Waals surface area (Å²) >= 11 is 0. The third-order valence-electron chi connectivity index (χ3n) is 6.59. The SMILES string of the molecule is CC1C(N)=CC=C(OCC2CO2)C1=Cc1ccc(C=C2C(OCC3CO3)=CC=C(N)C2C)cc1. The summed E-state index contributed by atoms with van der Waals surface area (Å²) in [6, 6.07) is 8.43. The van der Waals surface area contributed by atoms with Crippen LogP contribution in [-0.2, 0) is 18.9 Å². The van der Waals surface area contributed by atoms with E-state index < -0.39 is 0 Å². The zero-order valence-electron chi connectivity index (χ0n) is 19.7. The maximum Gasteiger partial charge on any atom is 0.123 e. The molecule has 178 valence electrons. The number of hydrogen-bond donors (Lipinski definition) is 2. The smallest absolute Gasteiger partial charge is 0.123 e. The van der Waals surface area contributed by atoms with Gasteiger partial charge in [-0.05, 0) is 47.6 Å². The summed E-state index contributed by atoms with van der Waals surface area (Å²) in [5.74, 6) is 1.88. The molecule has 0 aromatic heterocycles. The topological polar surface area (TPSA) is 95.6 Å². The number of epoxide rings is 2. The van der Waals surface area contributed by atoms with Gasteiger partial charge >= 0.3 is 0 Å². The average molecular weight is 461 g/mol. The third kappa shape index (κ3) is 5.29. The summed E-state index contributed by atoms with van der Waals surface area (Å²) in [5, 5.41) is 0. The average Bonchev–Trinajstić information content (AvgIpc) is 3.75. The quantitative estimate of drug-likeness (QED) is 0.569. The van der Waals surface area contributed by atoms with E-state index in [-0.39, 0.29) is 24.0 Å². The molecule has 4 unspecified atom stereocenters. The maximum absolute atomic E-state index is 6.21. The Hall–Kier alpha value is -3.22. The van der Waals surface area contributed by atoms with Crippen molar-refractivity contribution in [1.82, 2.24) is 0 Å². The van der Waals surface area contributed by atoms with E-state index in [1.54, 1.807) is 0 Å². The standard InChI is InChI=1S/C28H32N2O4/c1-17-23(27(9-7-25(17)29)33-15-21-13-31-21)11-19-3-5-20(6-4-19)12-24-18(2)26(30)8-10-28(24)34-16-22-14-32-22/h3-12,17-18,21-22H,13-16,29-30H2,1-2H3. The van der Waals surface area contributed by atoms with Crippen LogP contribution in [0.3, 0.4) is 0 Å². The fourth-order valence-electron chi connectivity index (χ4n) is 4.01. The van der Waals surface area contributed by atoms with Gasteiger partial charge in [-0.3, -0.25) is 0 Å². The monoisotopic (exact) mass is 460 g/mol. The van der Waals surface area contributed by atoms with Crippen molar-refractivity contribution in [3.8, 4) is 0 Å². The van der Waals surface area contributed by atoms with Gasteiger partial charge in [0.15, 0.2) is 0 Å². The first kappa shape index (κ1) is 22.6. The van der Waals surface area contributed by atoms with E-state index in [2.05, 4.69) is 50.3 Å². The van der Waals surface area contributed by atoms with Crippen molar-refractivity contribution >= 4 is 12.2 Å². The maximum atomic E-state index is 6.21. The Bertz CT molecular complexity index is 1030. The molecule has 4 atom stereocenters. The number of allylic oxidation sites excluding steroid dienone is 8. The van der Waals surface area contributed by atoms with Crippen molar-refractivity contribution in [2.75, 3.05) is 26.4 Å². The molecule has 2 fully saturated rings. The molecule has 2 saturated heterocycles. The van der Waals surface area contributed by atoms with Crippen LogP contribution in [0.4, 0.5) is 0 Å². The van der Waals surface area contributed by atoms with Crippen LogP contribution in [0.1, 0.15) is 25.0 Å². The lowest BCUT2D eigenvalue weighted by Crippen LogP contribution is -2.18. The molecule has 1 aromatic carbocycles. The van der Waals surface area contributed by atoms with Gasteiger partial charge in [-0.1, -0.05) is 38.1 Å². The Labute approximate surface area is 200 Å². The highest BCUT2D eigenvalue weighted by Crippen LogP contribution is 2.33.